The first-order chi connectivity index (χ1) is 15.5. The van der Waals surface area contributed by atoms with Crippen molar-refractivity contribution in [1.82, 2.24) is 15.6 Å². The lowest BCUT2D eigenvalue weighted by Crippen LogP contribution is -2.45. The lowest BCUT2D eigenvalue weighted by Gasteiger charge is -2.29. The van der Waals surface area contributed by atoms with Crippen molar-refractivity contribution in [3.63, 3.8) is 0 Å². The van der Waals surface area contributed by atoms with Crippen LogP contribution in [-0.2, 0) is 29.9 Å². The largest absolute Gasteiger partial charge is 0.460 e. The molecular weight excluding hydrogens is 456 g/mol. The zero-order chi connectivity index (χ0) is 24.2. The average Bonchev–Trinajstić information content (AvgIpc) is 2.75. The molecule has 178 valence electrons. The van der Waals surface area contributed by atoms with E-state index in [2.05, 4.69) is 15.6 Å². The molecule has 0 saturated heterocycles. The quantitative estimate of drug-likeness (QED) is 0.387. The number of amides is 2. The van der Waals surface area contributed by atoms with Crippen LogP contribution < -0.4 is 10.6 Å². The number of carbonyl (C=O) groups is 2. The van der Waals surface area contributed by atoms with E-state index >= 15 is 0 Å². The van der Waals surface area contributed by atoms with Crippen LogP contribution in [0.4, 0.5) is 31.1 Å². The number of hydrogen-bond acceptors (Lipinski definition) is 4. The number of ether oxygens (including phenoxy) is 1. The highest BCUT2D eigenvalue weighted by molar-refractivity contribution is 5.88. The van der Waals surface area contributed by atoms with Crippen LogP contribution in [0.3, 0.4) is 0 Å². The summed E-state index contributed by atoms with van der Waals surface area (Å²) in [6, 6.07) is 3.33. The lowest BCUT2D eigenvalue weighted by atomic mass is 9.83. The Balaban J connectivity index is 1.55. The van der Waals surface area contributed by atoms with Crippen molar-refractivity contribution < 1.29 is 40.7 Å². The molecule has 6 nitrogen and oxygen atoms in total. The third kappa shape index (κ3) is 6.14. The Morgan fingerprint density at radius 3 is 2.48 bits per heavy atom. The summed E-state index contributed by atoms with van der Waals surface area (Å²) in [5.74, 6) is -0.618. The molecule has 33 heavy (non-hydrogen) atoms. The van der Waals surface area contributed by atoms with Crippen LogP contribution in [0.25, 0.3) is 0 Å². The molecule has 1 heterocycles. The van der Waals surface area contributed by atoms with Gasteiger partial charge in [-0.3, -0.25) is 4.98 Å². The van der Waals surface area contributed by atoms with Gasteiger partial charge in [-0.2, -0.15) is 26.3 Å². The van der Waals surface area contributed by atoms with Gasteiger partial charge in [-0.05, 0) is 48.6 Å². The van der Waals surface area contributed by atoms with Crippen molar-refractivity contribution in [2.75, 3.05) is 13.2 Å². The summed E-state index contributed by atoms with van der Waals surface area (Å²) in [7, 11) is 0. The molecule has 2 aromatic rings. The van der Waals surface area contributed by atoms with Gasteiger partial charge in [-0.1, -0.05) is 6.07 Å². The van der Waals surface area contributed by atoms with Crippen molar-refractivity contribution in [2.45, 2.75) is 37.7 Å². The Morgan fingerprint density at radius 2 is 1.85 bits per heavy atom. The number of esters is 1. The standard InChI is InChI=1S/C21H19F6N3O3/c22-20(23,24)16-6-3-12-10-14(4-5-15(12)17(16)21(25,26)27)30-19(32)29-8-9-33-18(31)13-2-1-7-28-11-13/h1-3,6-7,11,14H,4-5,8-10H2,(H2,29,30,32). The Hall–Kier alpha value is -3.31. The molecule has 0 radical (unpaired) electrons. The van der Waals surface area contributed by atoms with E-state index < -0.39 is 47.1 Å². The van der Waals surface area contributed by atoms with Gasteiger partial charge >= 0.3 is 24.4 Å². The van der Waals surface area contributed by atoms with Crippen LogP contribution in [0.15, 0.2) is 36.7 Å². The summed E-state index contributed by atoms with van der Waals surface area (Å²) >= 11 is 0. The van der Waals surface area contributed by atoms with Gasteiger partial charge < -0.3 is 15.4 Å². The maximum Gasteiger partial charge on any atom is 0.417 e. The Bertz CT molecular complexity index is 1010. The molecule has 12 heteroatoms. The second kappa shape index (κ2) is 9.67. The molecule has 0 aliphatic heterocycles. The topological polar surface area (TPSA) is 80.3 Å². The van der Waals surface area contributed by atoms with E-state index in [1.807, 2.05) is 0 Å². The number of pyridine rings is 1. The minimum Gasteiger partial charge on any atom is -0.460 e. The zero-order valence-corrected chi connectivity index (χ0v) is 17.0. The number of halogens is 6. The molecule has 1 aromatic carbocycles. The van der Waals surface area contributed by atoms with Gasteiger partial charge in [0, 0.05) is 18.4 Å². The first kappa shape index (κ1) is 24.3. The van der Waals surface area contributed by atoms with E-state index in [-0.39, 0.29) is 43.5 Å². The summed E-state index contributed by atoms with van der Waals surface area (Å²) in [4.78, 5) is 27.6. The highest BCUT2D eigenvalue weighted by atomic mass is 19.4. The predicted molar refractivity (Wildman–Crippen MR) is 103 cm³/mol. The fourth-order valence-corrected chi connectivity index (χ4v) is 3.65. The van der Waals surface area contributed by atoms with Gasteiger partial charge in [0.1, 0.15) is 6.61 Å². The molecule has 1 aromatic heterocycles. The Kier molecular flexibility index (Phi) is 7.13. The molecule has 1 atom stereocenters. The van der Waals surface area contributed by atoms with Crippen LogP contribution in [-0.4, -0.2) is 36.2 Å². The predicted octanol–water partition coefficient (Wildman–Crippen LogP) is 4.13. The fourth-order valence-electron chi connectivity index (χ4n) is 3.65. The molecule has 2 amide bonds. The van der Waals surface area contributed by atoms with E-state index in [0.29, 0.717) is 6.07 Å². The van der Waals surface area contributed by atoms with Gasteiger partial charge in [-0.25, -0.2) is 9.59 Å². The van der Waals surface area contributed by atoms with Gasteiger partial charge in [0.2, 0.25) is 0 Å². The molecule has 0 saturated carbocycles. The lowest BCUT2D eigenvalue weighted by molar-refractivity contribution is -0.162. The third-order valence-corrected chi connectivity index (χ3v) is 5.06. The number of alkyl halides is 6. The number of carbonyl (C=O) groups excluding carboxylic acids is 2. The first-order valence-electron chi connectivity index (χ1n) is 9.87. The number of rotatable bonds is 5. The molecule has 2 N–H and O–H groups in total. The van der Waals surface area contributed by atoms with Crippen LogP contribution in [0.1, 0.15) is 39.0 Å². The average molecular weight is 475 g/mol. The van der Waals surface area contributed by atoms with Crippen molar-refractivity contribution in [3.05, 3.63) is 64.5 Å². The number of aromatic nitrogens is 1. The number of nitrogens with zero attached hydrogens (tertiary/aromatic N) is 1. The van der Waals surface area contributed by atoms with Crippen molar-refractivity contribution in [1.29, 1.82) is 0 Å². The van der Waals surface area contributed by atoms with Crippen LogP contribution >= 0.6 is 0 Å². The van der Waals surface area contributed by atoms with Crippen LogP contribution in [0.2, 0.25) is 0 Å². The maximum atomic E-state index is 13.4. The molecule has 1 unspecified atom stereocenters. The maximum absolute atomic E-state index is 13.4. The molecule has 0 spiro atoms. The molecule has 1 aliphatic rings. The molecule has 0 fully saturated rings. The monoisotopic (exact) mass is 475 g/mol. The van der Waals surface area contributed by atoms with Gasteiger partial charge in [0.25, 0.3) is 0 Å². The van der Waals surface area contributed by atoms with E-state index in [9.17, 15) is 35.9 Å². The van der Waals surface area contributed by atoms with E-state index in [0.717, 1.165) is 6.07 Å². The smallest absolute Gasteiger partial charge is 0.417 e. The fraction of sp³-hybridized carbons (Fsp3) is 0.381. The van der Waals surface area contributed by atoms with Gasteiger partial charge in [-0.15, -0.1) is 0 Å². The summed E-state index contributed by atoms with van der Waals surface area (Å²) in [6.07, 6.45) is -7.73. The second-order valence-corrected chi connectivity index (χ2v) is 7.34. The van der Waals surface area contributed by atoms with E-state index in [1.165, 1.54) is 18.5 Å². The minimum atomic E-state index is -5.15. The number of urea groups is 1. The highest BCUT2D eigenvalue weighted by Gasteiger charge is 2.45. The minimum absolute atomic E-state index is 0.0195. The van der Waals surface area contributed by atoms with Crippen molar-refractivity contribution in [2.24, 2.45) is 0 Å². The number of fused-ring (bicyclic) bond motifs is 1. The van der Waals surface area contributed by atoms with Crippen LogP contribution in [0.5, 0.6) is 0 Å². The number of nitrogens with one attached hydrogen (secondary N) is 2. The summed E-state index contributed by atoms with van der Waals surface area (Å²) in [6.45, 7) is -0.141. The number of benzene rings is 1. The third-order valence-electron chi connectivity index (χ3n) is 5.06. The van der Waals surface area contributed by atoms with Gasteiger partial charge in [0.05, 0.1) is 23.2 Å². The highest BCUT2D eigenvalue weighted by Crippen LogP contribution is 2.44. The van der Waals surface area contributed by atoms with Gasteiger partial charge in [0.15, 0.2) is 0 Å². The second-order valence-electron chi connectivity index (χ2n) is 7.34. The number of hydrogen-bond donors (Lipinski definition) is 2. The van der Waals surface area contributed by atoms with Crippen molar-refractivity contribution in [3.8, 4) is 0 Å². The Labute approximate surface area is 184 Å². The van der Waals surface area contributed by atoms with Crippen LogP contribution in [0, 0.1) is 0 Å². The summed E-state index contributed by atoms with van der Waals surface area (Å²) in [5.41, 5.74) is -3.41. The first-order valence-corrected chi connectivity index (χ1v) is 9.87. The van der Waals surface area contributed by atoms with E-state index in [4.69, 9.17) is 4.74 Å². The summed E-state index contributed by atoms with van der Waals surface area (Å²) in [5, 5.41) is 5.03. The molecule has 3 rings (SSSR count). The molecular formula is C21H19F6N3O3. The molecule has 1 aliphatic carbocycles. The van der Waals surface area contributed by atoms with E-state index in [1.54, 1.807) is 6.07 Å². The van der Waals surface area contributed by atoms with Crippen molar-refractivity contribution >= 4 is 12.0 Å². The Morgan fingerprint density at radius 1 is 1.09 bits per heavy atom. The normalized spacial score (nSPS) is 16.0. The zero-order valence-electron chi connectivity index (χ0n) is 17.0. The summed E-state index contributed by atoms with van der Waals surface area (Å²) < 4.78 is 84.4. The SMILES string of the molecule is O=C(NCCOC(=O)c1cccnc1)NC1CCc2c(ccc(C(F)(F)F)c2C(F)(F)F)C1. The molecule has 0 bridgehead atoms.